The average molecular weight is 531 g/mol. The van der Waals surface area contributed by atoms with Crippen molar-refractivity contribution in [1.29, 1.82) is 0 Å². The fourth-order valence-electron chi connectivity index (χ4n) is 5.87. The fraction of sp³-hybridized carbons (Fsp3) is 0.913. The van der Waals surface area contributed by atoms with E-state index in [4.69, 9.17) is 0 Å². The quantitative estimate of drug-likeness (QED) is 0.362. The van der Waals surface area contributed by atoms with Crippen LogP contribution in [0.2, 0.25) is 0 Å². The molecule has 0 spiro atoms. The Morgan fingerprint density at radius 2 is 1.94 bits per heavy atom. The first-order valence-corrected chi connectivity index (χ1v) is 15.9. The first-order valence-electron chi connectivity index (χ1n) is 13.0. The topological polar surface area (TPSA) is 123 Å². The highest BCUT2D eigenvalue weighted by molar-refractivity contribution is 8.00. The van der Waals surface area contributed by atoms with Crippen molar-refractivity contribution < 1.29 is 18.0 Å². The number of hydrogen-bond donors (Lipinski definition) is 4. The molecule has 3 heterocycles. The van der Waals surface area contributed by atoms with E-state index < -0.39 is 15.1 Å². The van der Waals surface area contributed by atoms with E-state index in [0.717, 1.165) is 25.9 Å². The summed E-state index contributed by atoms with van der Waals surface area (Å²) in [6.45, 7) is 4.51. The Balaban J connectivity index is 1.25. The molecule has 200 valence electrons. The zero-order valence-electron chi connectivity index (χ0n) is 21.2. The second-order valence-electron chi connectivity index (χ2n) is 10.8. The van der Waals surface area contributed by atoms with Crippen molar-refractivity contribution in [2.75, 3.05) is 39.6 Å². The third kappa shape index (κ3) is 6.89. The maximum absolute atomic E-state index is 13.1. The summed E-state index contributed by atoms with van der Waals surface area (Å²) in [5, 5.41) is 6.60. The lowest BCUT2D eigenvalue weighted by molar-refractivity contribution is -0.136. The number of carbonyl (C=O) groups is 2. The van der Waals surface area contributed by atoms with Gasteiger partial charge in [-0.2, -0.15) is 0 Å². The molecule has 4 rings (SSSR count). The lowest BCUT2D eigenvalue weighted by Crippen LogP contribution is -2.54. The van der Waals surface area contributed by atoms with Gasteiger partial charge in [0, 0.05) is 36.6 Å². The first-order chi connectivity index (χ1) is 16.6. The van der Waals surface area contributed by atoms with Gasteiger partial charge in [0.25, 0.3) is 0 Å². The lowest BCUT2D eigenvalue weighted by Gasteiger charge is -2.36. The van der Waals surface area contributed by atoms with Gasteiger partial charge in [-0.05, 0) is 58.0 Å². The van der Waals surface area contributed by atoms with Gasteiger partial charge in [-0.1, -0.05) is 13.3 Å². The van der Waals surface area contributed by atoms with E-state index in [1.54, 1.807) is 4.90 Å². The van der Waals surface area contributed by atoms with Gasteiger partial charge < -0.3 is 15.5 Å². The van der Waals surface area contributed by atoms with Crippen LogP contribution >= 0.6 is 11.8 Å². The number of piperidine rings is 1. The van der Waals surface area contributed by atoms with Crippen LogP contribution in [0.25, 0.3) is 0 Å². The largest absolute Gasteiger partial charge is 0.352 e. The number of carbonyl (C=O) groups excluding carboxylic acids is 2. The number of thioether (sulfide) groups is 1. The molecule has 35 heavy (non-hydrogen) atoms. The van der Waals surface area contributed by atoms with E-state index >= 15 is 0 Å². The minimum atomic E-state index is -3.14. The molecule has 6 unspecified atom stereocenters. The molecule has 3 saturated heterocycles. The Bertz CT molecular complexity index is 874. The molecule has 4 fully saturated rings. The Hall–Kier alpha value is -0.920. The highest BCUT2D eigenvalue weighted by Crippen LogP contribution is 2.35. The van der Waals surface area contributed by atoms with Crippen LogP contribution in [0, 0.1) is 11.8 Å². The molecule has 0 bridgehead atoms. The molecule has 0 radical (unpaired) electrons. The Kier molecular flexibility index (Phi) is 9.02. The molecular formula is C23H42N6O4S2. The minimum absolute atomic E-state index is 0.000917. The van der Waals surface area contributed by atoms with E-state index in [9.17, 15) is 18.0 Å². The van der Waals surface area contributed by atoms with Crippen molar-refractivity contribution in [1.82, 2.24) is 31.3 Å². The number of sulfone groups is 1. The summed E-state index contributed by atoms with van der Waals surface area (Å²) in [6, 6.07) is -0.204. The summed E-state index contributed by atoms with van der Waals surface area (Å²) in [4.78, 5) is 30.1. The zero-order valence-corrected chi connectivity index (χ0v) is 22.8. The van der Waals surface area contributed by atoms with E-state index in [2.05, 4.69) is 40.4 Å². The SMILES string of the molecule is C[C@H](SC1NNCN1C)C1CCCC(NC(=O)C2CC(C(=O)N3CCC(S(C)(=O)=O)C3)CCN2)C1. The fourth-order valence-corrected chi connectivity index (χ4v) is 8.16. The molecule has 3 aliphatic heterocycles. The molecule has 1 aliphatic carbocycles. The first kappa shape index (κ1) is 27.1. The van der Waals surface area contributed by atoms with Crippen LogP contribution in [0.4, 0.5) is 0 Å². The molecule has 4 N–H and O–H groups in total. The molecule has 10 nitrogen and oxygen atoms in total. The summed E-state index contributed by atoms with van der Waals surface area (Å²) in [7, 11) is -1.04. The number of hydrogen-bond acceptors (Lipinski definition) is 9. The third-order valence-corrected chi connectivity index (χ3v) is 11.3. The number of amides is 2. The van der Waals surface area contributed by atoms with Crippen molar-refractivity contribution in [3.8, 4) is 0 Å². The van der Waals surface area contributed by atoms with Gasteiger partial charge in [0.05, 0.1) is 18.0 Å². The normalized spacial score (nSPS) is 35.7. The second-order valence-corrected chi connectivity index (χ2v) is 14.6. The van der Waals surface area contributed by atoms with Crippen LogP contribution in [0.3, 0.4) is 0 Å². The van der Waals surface area contributed by atoms with Gasteiger partial charge in [-0.3, -0.25) is 14.5 Å². The standard InChI is InChI=1S/C23H42N6O4S2/c1-15(34-23-27-25-14-28(23)2)16-5-4-6-18(11-16)26-21(30)20-12-17(7-9-24-20)22(31)29-10-8-19(13-29)35(3,32)33/h15-20,23-25,27H,4-14H2,1-3H3,(H,26,30)/t15-,16?,17?,18?,19?,20?,23?/m0/s1. The van der Waals surface area contributed by atoms with Crippen LogP contribution in [-0.2, 0) is 19.4 Å². The summed E-state index contributed by atoms with van der Waals surface area (Å²) < 4.78 is 23.7. The van der Waals surface area contributed by atoms with E-state index in [-0.39, 0.29) is 41.9 Å². The molecular weight excluding hydrogens is 488 g/mol. The highest BCUT2D eigenvalue weighted by Gasteiger charge is 2.39. The van der Waals surface area contributed by atoms with E-state index in [1.807, 2.05) is 11.8 Å². The van der Waals surface area contributed by atoms with Gasteiger partial charge in [-0.15, -0.1) is 11.8 Å². The van der Waals surface area contributed by atoms with Crippen molar-refractivity contribution in [2.45, 2.75) is 80.0 Å². The molecule has 7 atom stereocenters. The van der Waals surface area contributed by atoms with Gasteiger partial charge in [0.1, 0.15) is 5.50 Å². The van der Waals surface area contributed by atoms with Crippen LogP contribution in [-0.4, -0.2) is 97.7 Å². The zero-order chi connectivity index (χ0) is 25.2. The molecule has 0 aromatic rings. The number of nitrogens with zero attached hydrogens (tertiary/aromatic N) is 2. The number of nitrogens with one attached hydrogen (secondary N) is 4. The summed E-state index contributed by atoms with van der Waals surface area (Å²) in [5.74, 6) is 0.316. The number of rotatable bonds is 7. The average Bonchev–Trinajstić information content (AvgIpc) is 3.48. The highest BCUT2D eigenvalue weighted by atomic mass is 32.2. The van der Waals surface area contributed by atoms with Crippen LogP contribution in [0.5, 0.6) is 0 Å². The van der Waals surface area contributed by atoms with Crippen molar-refractivity contribution in [2.24, 2.45) is 11.8 Å². The van der Waals surface area contributed by atoms with Crippen LogP contribution in [0.15, 0.2) is 0 Å². The second kappa shape index (κ2) is 11.6. The lowest BCUT2D eigenvalue weighted by atomic mass is 9.83. The van der Waals surface area contributed by atoms with Crippen LogP contribution in [0.1, 0.15) is 51.9 Å². The minimum Gasteiger partial charge on any atom is -0.352 e. The maximum Gasteiger partial charge on any atom is 0.237 e. The van der Waals surface area contributed by atoms with E-state index in [0.29, 0.717) is 43.5 Å². The smallest absolute Gasteiger partial charge is 0.237 e. The van der Waals surface area contributed by atoms with E-state index in [1.165, 1.54) is 12.7 Å². The maximum atomic E-state index is 13.1. The third-order valence-electron chi connectivity index (χ3n) is 8.15. The van der Waals surface area contributed by atoms with Gasteiger partial charge in [0.15, 0.2) is 9.84 Å². The Morgan fingerprint density at radius 3 is 2.63 bits per heavy atom. The summed E-state index contributed by atoms with van der Waals surface area (Å²) >= 11 is 1.94. The van der Waals surface area contributed by atoms with Crippen molar-refractivity contribution in [3.63, 3.8) is 0 Å². The molecule has 1 saturated carbocycles. The predicted molar refractivity (Wildman–Crippen MR) is 138 cm³/mol. The Morgan fingerprint density at radius 1 is 1.14 bits per heavy atom. The molecule has 12 heteroatoms. The predicted octanol–water partition coefficient (Wildman–Crippen LogP) is 0.0775. The summed E-state index contributed by atoms with van der Waals surface area (Å²) in [5.41, 5.74) is 6.75. The number of likely N-dealkylation sites (tertiary alicyclic amines) is 1. The molecule has 0 aromatic carbocycles. The molecule has 2 amide bonds. The molecule has 4 aliphatic rings. The van der Waals surface area contributed by atoms with Crippen LogP contribution < -0.4 is 21.5 Å². The van der Waals surface area contributed by atoms with Crippen molar-refractivity contribution >= 4 is 33.4 Å². The number of hydrazine groups is 1. The Labute approximate surface area is 214 Å². The van der Waals surface area contributed by atoms with Gasteiger partial charge in [0.2, 0.25) is 11.8 Å². The van der Waals surface area contributed by atoms with Gasteiger partial charge in [-0.25, -0.2) is 19.3 Å². The van der Waals surface area contributed by atoms with Crippen molar-refractivity contribution in [3.05, 3.63) is 0 Å². The summed E-state index contributed by atoms with van der Waals surface area (Å²) in [6.07, 6.45) is 7.18. The van der Waals surface area contributed by atoms with Gasteiger partial charge >= 0.3 is 0 Å². The monoisotopic (exact) mass is 530 g/mol. The molecule has 0 aromatic heterocycles.